The van der Waals surface area contributed by atoms with Crippen LogP contribution in [0, 0.1) is 36.5 Å². The molecule has 0 bridgehead atoms. The Hall–Kier alpha value is -6.10. The summed E-state index contributed by atoms with van der Waals surface area (Å²) in [5.41, 5.74) is 11.5. The van der Waals surface area contributed by atoms with E-state index >= 15 is 0 Å². The highest BCUT2D eigenvalue weighted by Crippen LogP contribution is 2.43. The number of fused-ring (bicyclic) bond motifs is 6. The zero-order valence-corrected chi connectivity index (χ0v) is 24.3. The Morgan fingerprint density at radius 1 is 0.477 bits per heavy atom. The fourth-order valence-electron chi connectivity index (χ4n) is 6.99. The van der Waals surface area contributed by atoms with Gasteiger partial charge in [0, 0.05) is 27.1 Å². The van der Waals surface area contributed by atoms with Crippen LogP contribution < -0.4 is 0 Å². The number of para-hydroxylation sites is 2. The minimum atomic E-state index is 0.562. The lowest BCUT2D eigenvalue weighted by atomic mass is 9.96. The minimum absolute atomic E-state index is 0.562. The maximum atomic E-state index is 10.5. The lowest BCUT2D eigenvalue weighted by Gasteiger charge is -2.21. The van der Waals surface area contributed by atoms with Crippen molar-refractivity contribution >= 4 is 43.6 Å². The average molecular weight is 563 g/mol. The molecule has 8 rings (SSSR count). The second-order valence-corrected chi connectivity index (χ2v) is 11.3. The van der Waals surface area contributed by atoms with Gasteiger partial charge in [0.2, 0.25) is 0 Å². The van der Waals surface area contributed by atoms with Crippen molar-refractivity contribution in [1.29, 1.82) is 10.5 Å². The van der Waals surface area contributed by atoms with E-state index in [9.17, 15) is 10.5 Å². The Labute approximate surface area is 254 Å². The molecule has 0 unspecified atom stereocenters. The first kappa shape index (κ1) is 25.6. The fraction of sp³-hybridized carbons (Fsp3) is 0.0500. The van der Waals surface area contributed by atoms with Crippen molar-refractivity contribution in [2.45, 2.75) is 13.8 Å². The van der Waals surface area contributed by atoms with Crippen molar-refractivity contribution in [1.82, 2.24) is 9.13 Å². The number of nitriles is 2. The standard InChI is InChI=1S/C40H26N4/c1-25-10-7-18-34-38(25)30-14-3-5-16-32(30)43(34)36-21-28(24-42)22-37(40(36)29-13-9-12-27(20-29)23-41)44-33-17-6-4-15-31(33)39-26(2)11-8-19-35(39)44/h3-22H,1-2H3. The maximum absolute atomic E-state index is 10.5. The van der Waals surface area contributed by atoms with Crippen molar-refractivity contribution in [2.75, 3.05) is 0 Å². The van der Waals surface area contributed by atoms with E-state index in [1.54, 1.807) is 0 Å². The zero-order valence-electron chi connectivity index (χ0n) is 24.3. The van der Waals surface area contributed by atoms with Crippen molar-refractivity contribution in [2.24, 2.45) is 0 Å². The molecule has 2 heterocycles. The maximum Gasteiger partial charge on any atom is 0.0993 e. The first-order chi connectivity index (χ1) is 21.6. The molecule has 0 fully saturated rings. The molecule has 0 atom stereocenters. The van der Waals surface area contributed by atoms with Gasteiger partial charge < -0.3 is 9.13 Å². The predicted octanol–water partition coefficient (Wildman–Crippen LogP) is 9.91. The minimum Gasteiger partial charge on any atom is -0.308 e. The third kappa shape index (κ3) is 3.62. The summed E-state index contributed by atoms with van der Waals surface area (Å²) in [7, 11) is 0. The Morgan fingerprint density at radius 2 is 0.955 bits per heavy atom. The summed E-state index contributed by atoms with van der Waals surface area (Å²) in [4.78, 5) is 0. The van der Waals surface area contributed by atoms with Crippen molar-refractivity contribution in [3.05, 3.63) is 144 Å². The van der Waals surface area contributed by atoms with E-state index in [0.29, 0.717) is 11.1 Å². The number of benzene rings is 6. The van der Waals surface area contributed by atoms with Crippen LogP contribution in [-0.2, 0) is 0 Å². The molecule has 4 nitrogen and oxygen atoms in total. The van der Waals surface area contributed by atoms with Gasteiger partial charge in [-0.3, -0.25) is 0 Å². The van der Waals surface area contributed by atoms with Gasteiger partial charge in [0.15, 0.2) is 0 Å². The molecule has 0 N–H and O–H groups in total. The number of aromatic nitrogens is 2. The summed E-state index contributed by atoms with van der Waals surface area (Å²) in [5, 5.41) is 25.1. The van der Waals surface area contributed by atoms with Gasteiger partial charge in [0.05, 0.1) is 56.7 Å². The van der Waals surface area contributed by atoms with Crippen LogP contribution in [0.3, 0.4) is 0 Å². The van der Waals surface area contributed by atoms with Crippen LogP contribution in [0.1, 0.15) is 22.3 Å². The van der Waals surface area contributed by atoms with Crippen molar-refractivity contribution in [3.8, 4) is 34.6 Å². The van der Waals surface area contributed by atoms with E-state index in [1.807, 2.05) is 30.3 Å². The molecule has 4 heteroatoms. The number of hydrogen-bond donors (Lipinski definition) is 0. The van der Waals surface area contributed by atoms with Gasteiger partial charge in [0.25, 0.3) is 0 Å². The van der Waals surface area contributed by atoms with Gasteiger partial charge in [-0.2, -0.15) is 10.5 Å². The SMILES string of the molecule is Cc1cccc2c1c1ccccc1n2-c1cc(C#N)cc(-n2c3ccccc3c3c(C)cccc32)c1-c1cccc(C#N)c1. The average Bonchev–Trinajstić information content (AvgIpc) is 3.58. The second-order valence-electron chi connectivity index (χ2n) is 11.3. The molecule has 206 valence electrons. The summed E-state index contributed by atoms with van der Waals surface area (Å²) in [6.07, 6.45) is 0. The van der Waals surface area contributed by atoms with Crippen molar-refractivity contribution in [3.63, 3.8) is 0 Å². The molecule has 2 aromatic heterocycles. The van der Waals surface area contributed by atoms with Crippen LogP contribution in [0.2, 0.25) is 0 Å². The van der Waals surface area contributed by atoms with E-state index in [-0.39, 0.29) is 0 Å². The highest BCUT2D eigenvalue weighted by molar-refractivity contribution is 6.13. The first-order valence-corrected chi connectivity index (χ1v) is 14.7. The van der Waals surface area contributed by atoms with Crippen molar-refractivity contribution < 1.29 is 0 Å². The first-order valence-electron chi connectivity index (χ1n) is 14.7. The van der Waals surface area contributed by atoms with Crippen LogP contribution in [0.4, 0.5) is 0 Å². The number of aryl methyl sites for hydroxylation is 2. The molecule has 0 saturated carbocycles. The Kier molecular flexibility index (Phi) is 5.66. The quantitative estimate of drug-likeness (QED) is 0.215. The van der Waals surface area contributed by atoms with E-state index in [0.717, 1.165) is 55.3 Å². The molecule has 6 aromatic carbocycles. The van der Waals surface area contributed by atoms with Gasteiger partial charge in [-0.15, -0.1) is 0 Å². The van der Waals surface area contributed by atoms with Crippen LogP contribution in [0.5, 0.6) is 0 Å². The van der Waals surface area contributed by atoms with E-state index in [4.69, 9.17) is 0 Å². The molecular weight excluding hydrogens is 536 g/mol. The molecule has 0 aliphatic rings. The largest absolute Gasteiger partial charge is 0.308 e. The molecular formula is C40H26N4. The lowest BCUT2D eigenvalue weighted by Crippen LogP contribution is -2.05. The second kappa shape index (κ2) is 9.73. The molecule has 0 radical (unpaired) electrons. The van der Waals surface area contributed by atoms with Crippen LogP contribution >= 0.6 is 0 Å². The number of hydrogen-bond acceptors (Lipinski definition) is 2. The summed E-state index contributed by atoms with van der Waals surface area (Å²) in [6.45, 7) is 4.29. The predicted molar refractivity (Wildman–Crippen MR) is 179 cm³/mol. The smallest absolute Gasteiger partial charge is 0.0993 e. The van der Waals surface area contributed by atoms with Gasteiger partial charge in [-0.25, -0.2) is 0 Å². The molecule has 0 aliphatic carbocycles. The summed E-state index contributed by atoms with van der Waals surface area (Å²) in [6, 6.07) is 46.3. The summed E-state index contributed by atoms with van der Waals surface area (Å²) >= 11 is 0. The van der Waals surface area contributed by atoms with E-state index in [1.165, 1.54) is 21.9 Å². The Balaban J connectivity index is 1.63. The number of nitrogens with zero attached hydrogens (tertiary/aromatic N) is 4. The topological polar surface area (TPSA) is 57.4 Å². The molecule has 0 spiro atoms. The molecule has 44 heavy (non-hydrogen) atoms. The Morgan fingerprint density at radius 3 is 1.48 bits per heavy atom. The van der Waals surface area contributed by atoms with E-state index in [2.05, 4.69) is 126 Å². The van der Waals surface area contributed by atoms with E-state index < -0.39 is 0 Å². The third-order valence-corrected chi connectivity index (χ3v) is 8.80. The van der Waals surface area contributed by atoms with Gasteiger partial charge >= 0.3 is 0 Å². The zero-order chi connectivity index (χ0) is 29.9. The molecule has 0 saturated heterocycles. The third-order valence-electron chi connectivity index (χ3n) is 8.80. The molecule has 0 amide bonds. The van der Waals surface area contributed by atoms with Gasteiger partial charge in [-0.1, -0.05) is 72.8 Å². The number of rotatable bonds is 3. The monoisotopic (exact) mass is 562 g/mol. The molecule has 0 aliphatic heterocycles. The normalized spacial score (nSPS) is 11.4. The van der Waals surface area contributed by atoms with Crippen LogP contribution in [0.25, 0.3) is 66.1 Å². The highest BCUT2D eigenvalue weighted by Gasteiger charge is 2.23. The lowest BCUT2D eigenvalue weighted by molar-refractivity contribution is 1.13. The van der Waals surface area contributed by atoms with Gasteiger partial charge in [-0.05, 0) is 79.1 Å². The fourth-order valence-corrected chi connectivity index (χ4v) is 6.99. The summed E-state index contributed by atoms with van der Waals surface area (Å²) in [5.74, 6) is 0. The Bertz CT molecular complexity index is 2410. The van der Waals surface area contributed by atoms with Gasteiger partial charge in [0.1, 0.15) is 0 Å². The highest BCUT2D eigenvalue weighted by atomic mass is 15.0. The molecule has 8 aromatic rings. The van der Waals surface area contributed by atoms with Crippen LogP contribution in [0.15, 0.2) is 121 Å². The van der Waals surface area contributed by atoms with Crippen LogP contribution in [-0.4, -0.2) is 9.13 Å². The summed E-state index contributed by atoms with van der Waals surface area (Å²) < 4.78 is 4.57.